The number of carboxylic acid groups (broad SMARTS) is 1. The lowest BCUT2D eigenvalue weighted by Gasteiger charge is -2.15. The van der Waals surface area contributed by atoms with Gasteiger partial charge in [0.1, 0.15) is 12.0 Å². The van der Waals surface area contributed by atoms with Crippen molar-refractivity contribution >= 4 is 5.97 Å². The summed E-state index contributed by atoms with van der Waals surface area (Å²) in [6, 6.07) is 6.73. The summed E-state index contributed by atoms with van der Waals surface area (Å²) in [5.41, 5.74) is -2.76. The molecule has 0 aliphatic rings. The highest BCUT2D eigenvalue weighted by atomic mass is 19.4. The minimum absolute atomic E-state index is 0.0319. The van der Waals surface area contributed by atoms with Crippen molar-refractivity contribution in [3.8, 4) is 23.2 Å². The maximum Gasteiger partial charge on any atom is 0.416 e. The van der Waals surface area contributed by atoms with Gasteiger partial charge in [-0.05, 0) is 31.2 Å². The molecule has 3 rings (SSSR count). The van der Waals surface area contributed by atoms with Crippen molar-refractivity contribution in [3.05, 3.63) is 63.4 Å². The molecule has 0 saturated heterocycles. The van der Waals surface area contributed by atoms with E-state index in [1.807, 2.05) is 6.07 Å². The average Bonchev–Trinajstić information content (AvgIpc) is 3.10. The molecular formula is C18H11F3N4O4. The Kier molecular flexibility index (Phi) is 4.94. The highest BCUT2D eigenvalue weighted by Crippen LogP contribution is 2.31. The molecule has 11 heteroatoms. The zero-order chi connectivity index (χ0) is 21.3. The summed E-state index contributed by atoms with van der Waals surface area (Å²) in [6.45, 7) is 1.40. The number of hydrogen-bond donors (Lipinski definition) is 1. The third-order valence-corrected chi connectivity index (χ3v) is 4.04. The van der Waals surface area contributed by atoms with Gasteiger partial charge in [0.25, 0.3) is 5.56 Å². The van der Waals surface area contributed by atoms with E-state index < -0.39 is 28.8 Å². The fraction of sp³-hybridized carbons (Fsp3) is 0.167. The first-order valence-electron chi connectivity index (χ1n) is 8.00. The number of pyridine rings is 1. The molecule has 148 valence electrons. The van der Waals surface area contributed by atoms with Gasteiger partial charge in [-0.3, -0.25) is 9.36 Å². The number of carboxylic acids is 1. The van der Waals surface area contributed by atoms with Gasteiger partial charge in [0.2, 0.25) is 11.8 Å². The minimum Gasteiger partial charge on any atom is -0.477 e. The SMILES string of the molecule is Cc1c(-c2nnc(CC#N)o2)cc(C(=O)O)c(=O)n1-c1cccc(C(F)(F)F)c1. The molecule has 0 bridgehead atoms. The summed E-state index contributed by atoms with van der Waals surface area (Å²) < 4.78 is 45.3. The molecular weight excluding hydrogens is 393 g/mol. The number of aromatic carboxylic acids is 1. The standard InChI is InChI=1S/C18H11F3N4O4/c1-9-12(15-24-23-14(29-15)5-6-22)8-13(17(27)28)16(26)25(9)11-4-2-3-10(7-11)18(19,20)21/h2-4,7-8H,5H2,1H3,(H,27,28). The van der Waals surface area contributed by atoms with Crippen molar-refractivity contribution in [2.24, 2.45) is 0 Å². The molecule has 0 amide bonds. The van der Waals surface area contributed by atoms with Crippen molar-refractivity contribution < 1.29 is 27.5 Å². The summed E-state index contributed by atoms with van der Waals surface area (Å²) in [5, 5.41) is 25.4. The first kappa shape index (κ1) is 19.8. The highest BCUT2D eigenvalue weighted by Gasteiger charge is 2.31. The molecule has 0 aliphatic carbocycles. The van der Waals surface area contributed by atoms with Gasteiger partial charge >= 0.3 is 12.1 Å². The van der Waals surface area contributed by atoms with E-state index >= 15 is 0 Å². The Morgan fingerprint density at radius 2 is 2.03 bits per heavy atom. The van der Waals surface area contributed by atoms with Gasteiger partial charge in [0.05, 0.1) is 17.2 Å². The smallest absolute Gasteiger partial charge is 0.416 e. The van der Waals surface area contributed by atoms with Crippen LogP contribution in [0.2, 0.25) is 0 Å². The van der Waals surface area contributed by atoms with Crippen LogP contribution < -0.4 is 5.56 Å². The van der Waals surface area contributed by atoms with E-state index in [4.69, 9.17) is 9.68 Å². The number of hydrogen-bond acceptors (Lipinski definition) is 6. The number of aromatic nitrogens is 3. The zero-order valence-electron chi connectivity index (χ0n) is 14.7. The second-order valence-electron chi connectivity index (χ2n) is 5.89. The lowest BCUT2D eigenvalue weighted by molar-refractivity contribution is -0.137. The molecule has 1 N–H and O–H groups in total. The van der Waals surface area contributed by atoms with Crippen LogP contribution in [0.3, 0.4) is 0 Å². The first-order valence-corrected chi connectivity index (χ1v) is 8.00. The van der Waals surface area contributed by atoms with Gasteiger partial charge in [0, 0.05) is 11.4 Å². The number of alkyl halides is 3. The summed E-state index contributed by atoms with van der Waals surface area (Å²) in [5.74, 6) is -1.78. The molecule has 3 aromatic rings. The molecule has 29 heavy (non-hydrogen) atoms. The quantitative estimate of drug-likeness (QED) is 0.709. The third kappa shape index (κ3) is 3.73. The molecule has 2 heterocycles. The van der Waals surface area contributed by atoms with Crippen LogP contribution in [0.15, 0.2) is 39.5 Å². The molecule has 0 spiro atoms. The maximum absolute atomic E-state index is 13.1. The number of halogens is 3. The van der Waals surface area contributed by atoms with Crippen LogP contribution >= 0.6 is 0 Å². The van der Waals surface area contributed by atoms with E-state index in [-0.39, 0.29) is 35.1 Å². The van der Waals surface area contributed by atoms with Crippen molar-refractivity contribution in [2.75, 3.05) is 0 Å². The average molecular weight is 404 g/mol. The molecule has 2 aromatic heterocycles. The Labute approximate surface area is 160 Å². The van der Waals surface area contributed by atoms with E-state index in [1.165, 1.54) is 13.0 Å². The first-order chi connectivity index (χ1) is 13.6. The van der Waals surface area contributed by atoms with Crippen LogP contribution in [0.25, 0.3) is 17.1 Å². The molecule has 8 nitrogen and oxygen atoms in total. The largest absolute Gasteiger partial charge is 0.477 e. The second kappa shape index (κ2) is 7.23. The van der Waals surface area contributed by atoms with E-state index in [2.05, 4.69) is 10.2 Å². The number of rotatable bonds is 4. The Balaban J connectivity index is 2.30. The van der Waals surface area contributed by atoms with Gasteiger partial charge in [-0.1, -0.05) is 6.07 Å². The number of nitrogens with zero attached hydrogens (tertiary/aromatic N) is 4. The second-order valence-corrected chi connectivity index (χ2v) is 5.89. The molecule has 0 fully saturated rings. The van der Waals surface area contributed by atoms with Crippen LogP contribution in [-0.4, -0.2) is 25.8 Å². The van der Waals surface area contributed by atoms with E-state index in [0.717, 1.165) is 28.8 Å². The number of carbonyl (C=O) groups is 1. The van der Waals surface area contributed by atoms with Gasteiger partial charge in [-0.15, -0.1) is 10.2 Å². The zero-order valence-corrected chi connectivity index (χ0v) is 14.7. The maximum atomic E-state index is 13.1. The van der Waals surface area contributed by atoms with Crippen molar-refractivity contribution in [1.82, 2.24) is 14.8 Å². The highest BCUT2D eigenvalue weighted by molar-refractivity contribution is 5.89. The van der Waals surface area contributed by atoms with Crippen LogP contribution in [0, 0.1) is 18.3 Å². The minimum atomic E-state index is -4.65. The van der Waals surface area contributed by atoms with Gasteiger partial charge in [-0.2, -0.15) is 18.4 Å². The predicted molar refractivity (Wildman–Crippen MR) is 91.3 cm³/mol. The van der Waals surface area contributed by atoms with Gasteiger partial charge in [-0.25, -0.2) is 4.79 Å². The van der Waals surface area contributed by atoms with Crippen LogP contribution in [0.4, 0.5) is 13.2 Å². The summed E-state index contributed by atoms with van der Waals surface area (Å²) in [7, 11) is 0. The number of nitriles is 1. The van der Waals surface area contributed by atoms with Crippen molar-refractivity contribution in [1.29, 1.82) is 5.26 Å². The van der Waals surface area contributed by atoms with E-state index in [1.54, 1.807) is 0 Å². The summed E-state index contributed by atoms with van der Waals surface area (Å²) in [4.78, 5) is 24.2. The summed E-state index contributed by atoms with van der Waals surface area (Å²) >= 11 is 0. The van der Waals surface area contributed by atoms with Gasteiger partial charge < -0.3 is 9.52 Å². The van der Waals surface area contributed by atoms with Crippen molar-refractivity contribution in [3.63, 3.8) is 0 Å². The molecule has 0 unspecified atom stereocenters. The van der Waals surface area contributed by atoms with E-state index in [9.17, 15) is 27.9 Å². The van der Waals surface area contributed by atoms with E-state index in [0.29, 0.717) is 0 Å². The summed E-state index contributed by atoms with van der Waals surface area (Å²) in [6.07, 6.45) is -4.84. The molecule has 0 saturated carbocycles. The Hall–Kier alpha value is -3.94. The third-order valence-electron chi connectivity index (χ3n) is 4.04. The monoisotopic (exact) mass is 404 g/mol. The van der Waals surface area contributed by atoms with Crippen LogP contribution in [0.1, 0.15) is 27.5 Å². The van der Waals surface area contributed by atoms with Crippen LogP contribution in [0.5, 0.6) is 0 Å². The molecule has 0 atom stereocenters. The lowest BCUT2D eigenvalue weighted by Crippen LogP contribution is -2.27. The Morgan fingerprint density at radius 3 is 2.66 bits per heavy atom. The normalized spacial score (nSPS) is 11.3. The Morgan fingerprint density at radius 1 is 1.31 bits per heavy atom. The fourth-order valence-electron chi connectivity index (χ4n) is 2.71. The topological polar surface area (TPSA) is 122 Å². The molecule has 0 aliphatic heterocycles. The van der Waals surface area contributed by atoms with Crippen LogP contribution in [-0.2, 0) is 12.6 Å². The van der Waals surface area contributed by atoms with Crippen molar-refractivity contribution in [2.45, 2.75) is 19.5 Å². The fourth-order valence-corrected chi connectivity index (χ4v) is 2.71. The van der Waals surface area contributed by atoms with Gasteiger partial charge in [0.15, 0.2) is 0 Å². The Bertz CT molecular complexity index is 1210. The number of benzene rings is 1. The predicted octanol–water partition coefficient (Wildman–Crippen LogP) is 2.98. The molecule has 1 aromatic carbocycles. The molecule has 0 radical (unpaired) electrons. The lowest BCUT2D eigenvalue weighted by atomic mass is 10.1.